The van der Waals surface area contributed by atoms with Crippen molar-refractivity contribution in [2.45, 2.75) is 12.8 Å². The fraction of sp³-hybridized carbons (Fsp3) is 0.200. The van der Waals surface area contributed by atoms with Crippen molar-refractivity contribution in [3.05, 3.63) is 35.7 Å². The lowest BCUT2D eigenvalue weighted by atomic mass is 10.1. The number of carbonyl (C=O) groups excluding carboxylic acids is 1. The summed E-state index contributed by atoms with van der Waals surface area (Å²) in [6.07, 6.45) is 8.91. The first-order valence-corrected chi connectivity index (χ1v) is 4.19. The van der Waals surface area contributed by atoms with E-state index in [4.69, 9.17) is 4.52 Å². The zero-order valence-corrected chi connectivity index (χ0v) is 7.06. The fourth-order valence-electron chi connectivity index (χ4n) is 1.28. The van der Waals surface area contributed by atoms with Crippen LogP contribution in [0, 0.1) is 0 Å². The molecule has 0 saturated heterocycles. The third-order valence-corrected chi connectivity index (χ3v) is 1.93. The summed E-state index contributed by atoms with van der Waals surface area (Å²) >= 11 is 0. The minimum atomic E-state index is 0.342. The maximum atomic E-state index is 10.3. The smallest absolute Gasteiger partial charge is 0.171 e. The van der Waals surface area contributed by atoms with Gasteiger partial charge in [-0.2, -0.15) is 0 Å². The second-order valence-electron chi connectivity index (χ2n) is 2.87. The summed E-state index contributed by atoms with van der Waals surface area (Å²) in [5.41, 5.74) is 1.35. The van der Waals surface area contributed by atoms with Gasteiger partial charge in [0.05, 0.1) is 0 Å². The molecular weight excluding hydrogens is 166 g/mol. The molecular formula is C10H9NO2. The molecule has 1 aliphatic rings. The monoisotopic (exact) mass is 175 g/mol. The molecule has 2 rings (SSSR count). The van der Waals surface area contributed by atoms with Gasteiger partial charge in [0.2, 0.25) is 0 Å². The predicted molar refractivity (Wildman–Crippen MR) is 48.2 cm³/mol. The number of hydrogen-bond donors (Lipinski definition) is 0. The number of hydrogen-bond acceptors (Lipinski definition) is 3. The first-order chi connectivity index (χ1) is 6.40. The normalized spacial score (nSPS) is 15.5. The van der Waals surface area contributed by atoms with Gasteiger partial charge in [-0.05, 0) is 12.8 Å². The van der Waals surface area contributed by atoms with Crippen molar-refractivity contribution in [1.82, 2.24) is 5.16 Å². The van der Waals surface area contributed by atoms with Crippen molar-refractivity contribution in [1.29, 1.82) is 0 Å². The number of carbonyl (C=O) groups is 1. The highest BCUT2D eigenvalue weighted by Gasteiger charge is 2.07. The van der Waals surface area contributed by atoms with Crippen LogP contribution in [0.1, 0.15) is 29.1 Å². The molecule has 1 aromatic rings. The Balaban J connectivity index is 2.29. The van der Waals surface area contributed by atoms with E-state index in [1.807, 2.05) is 6.08 Å². The minimum Gasteiger partial charge on any atom is -0.356 e. The molecule has 0 bridgehead atoms. The molecule has 0 radical (unpaired) electrons. The van der Waals surface area contributed by atoms with E-state index in [1.165, 1.54) is 0 Å². The lowest BCUT2D eigenvalue weighted by molar-refractivity contribution is 0.111. The van der Waals surface area contributed by atoms with Crippen LogP contribution in [0.25, 0.3) is 5.57 Å². The van der Waals surface area contributed by atoms with Gasteiger partial charge in [0.1, 0.15) is 5.69 Å². The van der Waals surface area contributed by atoms with Gasteiger partial charge in [-0.3, -0.25) is 4.79 Å². The standard InChI is InChI=1S/C10H9NO2/c12-7-9-6-10(13-11-9)8-4-2-1-3-5-8/h2,4-7H,1,3H2. The molecule has 3 heteroatoms. The molecule has 0 aromatic carbocycles. The van der Waals surface area contributed by atoms with Gasteiger partial charge in [-0.25, -0.2) is 0 Å². The van der Waals surface area contributed by atoms with Crippen LogP contribution >= 0.6 is 0 Å². The van der Waals surface area contributed by atoms with Gasteiger partial charge in [-0.15, -0.1) is 0 Å². The van der Waals surface area contributed by atoms with Gasteiger partial charge in [0, 0.05) is 11.6 Å². The summed E-state index contributed by atoms with van der Waals surface area (Å²) in [4.78, 5) is 10.3. The summed E-state index contributed by atoms with van der Waals surface area (Å²) in [7, 11) is 0. The second kappa shape index (κ2) is 3.39. The number of aromatic nitrogens is 1. The van der Waals surface area contributed by atoms with Crippen molar-refractivity contribution in [2.24, 2.45) is 0 Å². The van der Waals surface area contributed by atoms with E-state index in [2.05, 4.69) is 17.3 Å². The average molecular weight is 175 g/mol. The fourth-order valence-corrected chi connectivity index (χ4v) is 1.28. The van der Waals surface area contributed by atoms with Crippen LogP contribution in [0.3, 0.4) is 0 Å². The Labute approximate surface area is 75.7 Å². The van der Waals surface area contributed by atoms with Crippen LogP contribution in [-0.2, 0) is 0 Å². The first kappa shape index (κ1) is 7.98. The molecule has 0 spiro atoms. The predicted octanol–water partition coefficient (Wildman–Crippen LogP) is 2.22. The number of aldehydes is 1. The van der Waals surface area contributed by atoms with Crippen LogP contribution in [0.4, 0.5) is 0 Å². The molecule has 66 valence electrons. The number of rotatable bonds is 2. The van der Waals surface area contributed by atoms with E-state index >= 15 is 0 Å². The third-order valence-electron chi connectivity index (χ3n) is 1.93. The molecule has 1 aromatic heterocycles. The lowest BCUT2D eigenvalue weighted by Gasteiger charge is -2.00. The molecule has 0 unspecified atom stereocenters. The quantitative estimate of drug-likeness (QED) is 0.647. The van der Waals surface area contributed by atoms with Gasteiger partial charge >= 0.3 is 0 Å². The van der Waals surface area contributed by atoms with E-state index in [-0.39, 0.29) is 0 Å². The SMILES string of the molecule is O=Cc1cc(C2=CCCC=C2)on1. The molecule has 1 heterocycles. The lowest BCUT2D eigenvalue weighted by Crippen LogP contribution is -1.82. The van der Waals surface area contributed by atoms with Gasteiger partial charge in [0.25, 0.3) is 0 Å². The second-order valence-corrected chi connectivity index (χ2v) is 2.87. The molecule has 0 amide bonds. The van der Waals surface area contributed by atoms with Crippen LogP contribution < -0.4 is 0 Å². The molecule has 0 N–H and O–H groups in total. The highest BCUT2D eigenvalue weighted by molar-refractivity contribution is 5.77. The zero-order chi connectivity index (χ0) is 9.10. The van der Waals surface area contributed by atoms with E-state index in [1.54, 1.807) is 6.07 Å². The van der Waals surface area contributed by atoms with Gasteiger partial charge in [0.15, 0.2) is 12.0 Å². The summed E-state index contributed by atoms with van der Waals surface area (Å²) in [5.74, 6) is 0.665. The first-order valence-electron chi connectivity index (χ1n) is 4.19. The Hall–Kier alpha value is -1.64. The van der Waals surface area contributed by atoms with Crippen molar-refractivity contribution >= 4 is 11.9 Å². The zero-order valence-electron chi connectivity index (χ0n) is 7.06. The topological polar surface area (TPSA) is 43.1 Å². The summed E-state index contributed by atoms with van der Waals surface area (Å²) in [6, 6.07) is 1.65. The van der Waals surface area contributed by atoms with Crippen molar-refractivity contribution in [2.75, 3.05) is 0 Å². The van der Waals surface area contributed by atoms with Gasteiger partial charge in [-0.1, -0.05) is 23.4 Å². The Morgan fingerprint density at radius 2 is 2.38 bits per heavy atom. The Morgan fingerprint density at radius 3 is 3.00 bits per heavy atom. The molecule has 0 aliphatic heterocycles. The molecule has 0 saturated carbocycles. The highest BCUT2D eigenvalue weighted by Crippen LogP contribution is 2.21. The summed E-state index contributed by atoms with van der Waals surface area (Å²) < 4.78 is 4.99. The third kappa shape index (κ3) is 1.59. The van der Waals surface area contributed by atoms with Gasteiger partial charge < -0.3 is 4.52 Å². The Morgan fingerprint density at radius 1 is 1.46 bits per heavy atom. The Bertz CT molecular complexity index is 374. The van der Waals surface area contributed by atoms with Crippen molar-refractivity contribution in [3.8, 4) is 0 Å². The van der Waals surface area contributed by atoms with Crippen LogP contribution in [0.15, 0.2) is 28.8 Å². The molecule has 0 atom stereocenters. The summed E-state index contributed by atoms with van der Waals surface area (Å²) in [5, 5.41) is 3.59. The Kier molecular flexibility index (Phi) is 2.08. The number of nitrogens with zero attached hydrogens (tertiary/aromatic N) is 1. The molecule has 1 aliphatic carbocycles. The molecule has 3 nitrogen and oxygen atoms in total. The molecule has 0 fully saturated rings. The van der Waals surface area contributed by atoms with Crippen LogP contribution in [0.5, 0.6) is 0 Å². The van der Waals surface area contributed by atoms with E-state index in [0.29, 0.717) is 17.7 Å². The molecule has 13 heavy (non-hydrogen) atoms. The van der Waals surface area contributed by atoms with Crippen molar-refractivity contribution < 1.29 is 9.32 Å². The average Bonchev–Trinajstić information content (AvgIpc) is 2.67. The summed E-state index contributed by atoms with van der Waals surface area (Å²) in [6.45, 7) is 0. The van der Waals surface area contributed by atoms with Crippen LogP contribution in [0.2, 0.25) is 0 Å². The highest BCUT2D eigenvalue weighted by atomic mass is 16.5. The van der Waals surface area contributed by atoms with E-state index < -0.39 is 0 Å². The van der Waals surface area contributed by atoms with Crippen LogP contribution in [-0.4, -0.2) is 11.4 Å². The minimum absolute atomic E-state index is 0.342. The maximum Gasteiger partial charge on any atom is 0.171 e. The van der Waals surface area contributed by atoms with E-state index in [0.717, 1.165) is 18.4 Å². The number of allylic oxidation sites excluding steroid dienone is 4. The largest absolute Gasteiger partial charge is 0.356 e. The van der Waals surface area contributed by atoms with Crippen molar-refractivity contribution in [3.63, 3.8) is 0 Å². The maximum absolute atomic E-state index is 10.3. The van der Waals surface area contributed by atoms with E-state index in [9.17, 15) is 4.79 Å².